The minimum Gasteiger partial charge on any atom is -0.377 e. The first-order chi connectivity index (χ1) is 17.1. The topological polar surface area (TPSA) is 113 Å². The highest BCUT2D eigenvalue weighted by molar-refractivity contribution is 5.87. The predicted molar refractivity (Wildman–Crippen MR) is 121 cm³/mol. The van der Waals surface area contributed by atoms with Gasteiger partial charge in [-0.3, -0.25) is 19.0 Å². The van der Waals surface area contributed by atoms with Crippen LogP contribution in [0.25, 0.3) is 0 Å². The van der Waals surface area contributed by atoms with Crippen LogP contribution in [0.1, 0.15) is 32.2 Å². The van der Waals surface area contributed by atoms with Crippen LogP contribution >= 0.6 is 0 Å². The molecule has 2 aliphatic heterocycles. The van der Waals surface area contributed by atoms with Gasteiger partial charge in [-0.25, -0.2) is 4.98 Å². The molecule has 1 saturated heterocycles. The van der Waals surface area contributed by atoms with Gasteiger partial charge in [0.1, 0.15) is 6.04 Å². The smallest absolute Gasteiger partial charge is 0.377 e. The second-order valence-corrected chi connectivity index (χ2v) is 8.95. The van der Waals surface area contributed by atoms with E-state index in [0.717, 1.165) is 12.8 Å². The van der Waals surface area contributed by atoms with Gasteiger partial charge >= 0.3 is 6.18 Å². The summed E-state index contributed by atoms with van der Waals surface area (Å²) < 4.78 is 61.2. The van der Waals surface area contributed by atoms with Gasteiger partial charge in [0.15, 0.2) is 11.6 Å². The number of hydrogen-bond acceptors (Lipinski definition) is 8. The lowest BCUT2D eigenvalue weighted by Crippen LogP contribution is -2.50. The molecule has 4 heterocycles. The zero-order valence-corrected chi connectivity index (χ0v) is 19.5. The molecule has 196 valence electrons. The van der Waals surface area contributed by atoms with E-state index in [9.17, 15) is 31.9 Å². The quantitative estimate of drug-likeness (QED) is 0.614. The predicted octanol–water partition coefficient (Wildman–Crippen LogP) is 1.67. The number of nitrogens with zero attached hydrogens (tertiary/aromatic N) is 5. The molecule has 3 aliphatic rings. The molecule has 5 rings (SSSR count). The maximum absolute atomic E-state index is 14.9. The number of Topliss-reactive ketones (excluding diaryl/α,β-unsaturated/α-hetero) is 1. The lowest BCUT2D eigenvalue weighted by Gasteiger charge is -2.39. The largest absolute Gasteiger partial charge is 0.409 e. The summed E-state index contributed by atoms with van der Waals surface area (Å²) in [5.74, 6) is -2.08. The van der Waals surface area contributed by atoms with Gasteiger partial charge in [-0.1, -0.05) is 0 Å². The van der Waals surface area contributed by atoms with Gasteiger partial charge in [0, 0.05) is 31.3 Å². The molecule has 2 fully saturated rings. The second-order valence-electron chi connectivity index (χ2n) is 8.95. The van der Waals surface area contributed by atoms with Crippen LogP contribution < -0.4 is 20.9 Å². The van der Waals surface area contributed by atoms with Crippen molar-refractivity contribution in [2.24, 2.45) is 5.92 Å². The van der Waals surface area contributed by atoms with Crippen LogP contribution in [-0.2, 0) is 9.53 Å². The summed E-state index contributed by atoms with van der Waals surface area (Å²) in [4.78, 5) is 48.2. The number of rotatable bonds is 4. The molecule has 1 saturated carbocycles. The van der Waals surface area contributed by atoms with Crippen molar-refractivity contribution in [3.05, 3.63) is 45.1 Å². The highest BCUT2D eigenvalue weighted by Gasteiger charge is 2.47. The number of nitrogens with one attached hydrogen (secondary N) is 1. The van der Waals surface area contributed by atoms with E-state index in [4.69, 9.17) is 4.74 Å². The number of morpholine rings is 1. The Kier molecular flexibility index (Phi) is 7.43. The monoisotopic (exact) mass is 514 g/mol. The van der Waals surface area contributed by atoms with Gasteiger partial charge in [-0.15, -0.1) is 0 Å². The van der Waals surface area contributed by atoms with Crippen LogP contribution in [0.3, 0.4) is 0 Å². The molecule has 0 aromatic carbocycles. The van der Waals surface area contributed by atoms with Gasteiger partial charge in [-0.2, -0.15) is 22.5 Å². The number of ether oxygens (including phenoxy) is 1. The zero-order chi connectivity index (χ0) is 26.0. The third-order valence-electron chi connectivity index (χ3n) is 6.28. The Labute approximate surface area is 202 Å². The third-order valence-corrected chi connectivity index (χ3v) is 6.28. The summed E-state index contributed by atoms with van der Waals surface area (Å²) in [7, 11) is 0. The lowest BCUT2D eigenvalue weighted by atomic mass is 10.1. The molecule has 0 unspecified atom stereocenters. The summed E-state index contributed by atoms with van der Waals surface area (Å²) in [6, 6.07) is -1.10. The van der Waals surface area contributed by atoms with Gasteiger partial charge < -0.3 is 19.5 Å². The standard InChI is InChI=1S/C18H22F4N4O3.C4H4N2O/c1-10-9-29-7-6-25(10)15-14(19)16(28)26-13(18(20,21)22)4-5-24(17(26)23-15)8-12(27)11-2-3-11;7-4-1-2-5-3-6-4/h10-11,13H,2-9H2,1H3;1-3H,(H,5,6,7)/t10-,13-;/m1./s1. The van der Waals surface area contributed by atoms with E-state index in [0.29, 0.717) is 11.2 Å². The molecule has 2 aromatic heterocycles. The highest BCUT2D eigenvalue weighted by Crippen LogP contribution is 2.39. The van der Waals surface area contributed by atoms with Crippen molar-refractivity contribution in [1.29, 1.82) is 0 Å². The molecule has 2 atom stereocenters. The molecule has 1 aliphatic carbocycles. The van der Waals surface area contributed by atoms with E-state index >= 15 is 0 Å². The SMILES string of the molecule is C[C@@H]1COCCN1c1nc2n(c(=O)c1F)[C@@H](C(F)(F)F)CCN2CC(=O)C1CC1.O=c1ccnc[nH]1. The molecule has 0 radical (unpaired) electrons. The van der Waals surface area contributed by atoms with Gasteiger partial charge in [-0.05, 0) is 26.2 Å². The van der Waals surface area contributed by atoms with Crippen molar-refractivity contribution in [2.75, 3.05) is 42.6 Å². The number of fused-ring (bicyclic) bond motifs is 1. The Hall–Kier alpha value is -3.29. The number of ketones is 1. The van der Waals surface area contributed by atoms with Crippen LogP contribution in [-0.4, -0.2) is 70.4 Å². The van der Waals surface area contributed by atoms with E-state index in [1.165, 1.54) is 28.4 Å². The summed E-state index contributed by atoms with van der Waals surface area (Å²) in [6.07, 6.45) is -0.854. The fourth-order valence-corrected chi connectivity index (χ4v) is 4.22. The minimum absolute atomic E-state index is 0.0845. The molecule has 2 aromatic rings. The molecule has 0 spiro atoms. The molecular formula is C22H26F4N6O4. The summed E-state index contributed by atoms with van der Waals surface area (Å²) in [5.41, 5.74) is -1.48. The van der Waals surface area contributed by atoms with Crippen LogP contribution in [0.15, 0.2) is 28.2 Å². The average Bonchev–Trinajstić information content (AvgIpc) is 3.68. The lowest BCUT2D eigenvalue weighted by molar-refractivity contribution is -0.171. The fourth-order valence-electron chi connectivity index (χ4n) is 4.22. The Morgan fingerprint density at radius 1 is 1.22 bits per heavy atom. The number of aromatic amines is 1. The first kappa shape index (κ1) is 25.8. The van der Waals surface area contributed by atoms with Gasteiger partial charge in [0.05, 0.1) is 32.1 Å². The maximum Gasteiger partial charge on any atom is 0.409 e. The normalized spacial score (nSPS) is 21.9. The number of alkyl halides is 3. The molecule has 1 N–H and O–H groups in total. The van der Waals surface area contributed by atoms with Crippen LogP contribution in [0.5, 0.6) is 0 Å². The van der Waals surface area contributed by atoms with E-state index in [1.54, 1.807) is 6.92 Å². The van der Waals surface area contributed by atoms with Crippen LogP contribution in [0.4, 0.5) is 29.3 Å². The number of halogens is 4. The molecule has 0 bridgehead atoms. The summed E-state index contributed by atoms with van der Waals surface area (Å²) in [5, 5.41) is 0. The van der Waals surface area contributed by atoms with Crippen LogP contribution in [0, 0.1) is 11.7 Å². The molecule has 14 heteroatoms. The van der Waals surface area contributed by atoms with Crippen molar-refractivity contribution < 1.29 is 27.1 Å². The number of H-pyrrole nitrogens is 1. The number of aromatic nitrogens is 4. The van der Waals surface area contributed by atoms with E-state index in [-0.39, 0.29) is 61.3 Å². The summed E-state index contributed by atoms with van der Waals surface area (Å²) in [6.45, 7) is 2.37. The Morgan fingerprint density at radius 2 is 1.97 bits per heavy atom. The van der Waals surface area contributed by atoms with Crippen molar-refractivity contribution >= 4 is 17.5 Å². The number of anilines is 2. The molecule has 36 heavy (non-hydrogen) atoms. The van der Waals surface area contributed by atoms with Crippen molar-refractivity contribution in [3.63, 3.8) is 0 Å². The molecular weight excluding hydrogens is 488 g/mol. The van der Waals surface area contributed by atoms with Crippen molar-refractivity contribution in [1.82, 2.24) is 19.5 Å². The van der Waals surface area contributed by atoms with Gasteiger partial charge in [0.2, 0.25) is 11.8 Å². The number of carbonyl (C=O) groups is 1. The zero-order valence-electron chi connectivity index (χ0n) is 19.5. The fraction of sp³-hybridized carbons (Fsp3) is 0.591. The Balaban J connectivity index is 0.000000375. The van der Waals surface area contributed by atoms with Crippen molar-refractivity contribution in [3.8, 4) is 0 Å². The van der Waals surface area contributed by atoms with E-state index in [1.807, 2.05) is 0 Å². The Bertz CT molecular complexity index is 1190. The van der Waals surface area contributed by atoms with E-state index < -0.39 is 30.0 Å². The van der Waals surface area contributed by atoms with E-state index in [2.05, 4.69) is 15.0 Å². The molecule has 0 amide bonds. The average molecular weight is 514 g/mol. The Morgan fingerprint density at radius 3 is 2.53 bits per heavy atom. The number of hydrogen-bond donors (Lipinski definition) is 1. The number of carbonyl (C=O) groups excluding carboxylic acids is 1. The first-order valence-corrected chi connectivity index (χ1v) is 11.6. The third kappa shape index (κ3) is 5.58. The molecule has 10 nitrogen and oxygen atoms in total. The van der Waals surface area contributed by atoms with Crippen molar-refractivity contribution in [2.45, 2.75) is 44.4 Å². The maximum atomic E-state index is 14.9. The summed E-state index contributed by atoms with van der Waals surface area (Å²) >= 11 is 0. The van der Waals surface area contributed by atoms with Crippen LogP contribution in [0.2, 0.25) is 0 Å². The second kappa shape index (κ2) is 10.4. The highest BCUT2D eigenvalue weighted by atomic mass is 19.4. The first-order valence-electron chi connectivity index (χ1n) is 11.6. The minimum atomic E-state index is -4.73. The van der Waals surface area contributed by atoms with Gasteiger partial charge in [0.25, 0.3) is 11.1 Å².